The number of benzene rings is 1. The third-order valence-corrected chi connectivity index (χ3v) is 2.59. The molecule has 1 amide bonds. The van der Waals surface area contributed by atoms with Gasteiger partial charge in [0.15, 0.2) is 0 Å². The summed E-state index contributed by atoms with van der Waals surface area (Å²) in [6.45, 7) is 2.23. The lowest BCUT2D eigenvalue weighted by atomic mass is 10.2. The highest BCUT2D eigenvalue weighted by molar-refractivity contribution is 6.31. The van der Waals surface area contributed by atoms with Gasteiger partial charge in [-0.25, -0.2) is 4.79 Å². The molecule has 0 unspecified atom stereocenters. The summed E-state index contributed by atoms with van der Waals surface area (Å²) >= 11 is 5.88. The lowest BCUT2D eigenvalue weighted by Crippen LogP contribution is -2.23. The van der Waals surface area contributed by atoms with Gasteiger partial charge in [-0.2, -0.15) is 0 Å². The van der Waals surface area contributed by atoms with E-state index >= 15 is 0 Å². The molecule has 114 valence electrons. The van der Waals surface area contributed by atoms with Gasteiger partial charge in [-0.1, -0.05) is 11.6 Å². The zero-order chi connectivity index (χ0) is 15.8. The minimum Gasteiger partial charge on any atom is -0.500 e. The molecule has 0 aromatic heterocycles. The Hall–Kier alpha value is -2.21. The number of hydrogen-bond acceptors (Lipinski definition) is 5. The van der Waals surface area contributed by atoms with Gasteiger partial charge in [0, 0.05) is 11.6 Å². The van der Waals surface area contributed by atoms with Gasteiger partial charge in [0.05, 0.1) is 19.8 Å². The standard InChI is InChI=1S/C14H16ClNO5/c1-4-16-13(17)10-7-9(15)5-6-11(10)21-12(8-19-2)14(18)20-3/h5-8H,4H2,1-3H3,(H,16,17)/b12-8+. The maximum Gasteiger partial charge on any atom is 0.377 e. The summed E-state index contributed by atoms with van der Waals surface area (Å²) < 4.78 is 14.7. The topological polar surface area (TPSA) is 73.9 Å². The average molecular weight is 314 g/mol. The van der Waals surface area contributed by atoms with E-state index in [1.165, 1.54) is 26.4 Å². The molecule has 0 saturated heterocycles. The summed E-state index contributed by atoms with van der Waals surface area (Å²) in [5.74, 6) is -1.11. The van der Waals surface area contributed by atoms with Crippen molar-refractivity contribution >= 4 is 23.5 Å². The summed E-state index contributed by atoms with van der Waals surface area (Å²) in [6, 6.07) is 4.48. The van der Waals surface area contributed by atoms with Crippen LogP contribution in [0.3, 0.4) is 0 Å². The van der Waals surface area contributed by atoms with Crippen molar-refractivity contribution < 1.29 is 23.8 Å². The van der Waals surface area contributed by atoms with Gasteiger partial charge < -0.3 is 19.5 Å². The number of rotatable bonds is 6. The van der Waals surface area contributed by atoms with Gasteiger partial charge >= 0.3 is 5.97 Å². The van der Waals surface area contributed by atoms with Crippen LogP contribution >= 0.6 is 11.6 Å². The fourth-order valence-electron chi connectivity index (χ4n) is 1.46. The summed E-state index contributed by atoms with van der Waals surface area (Å²) in [4.78, 5) is 23.5. The zero-order valence-corrected chi connectivity index (χ0v) is 12.7. The lowest BCUT2D eigenvalue weighted by Gasteiger charge is -2.12. The maximum absolute atomic E-state index is 12.0. The Balaban J connectivity index is 3.14. The molecule has 6 nitrogen and oxygen atoms in total. The molecule has 0 spiro atoms. The molecule has 0 heterocycles. The van der Waals surface area contributed by atoms with Gasteiger partial charge in [-0.3, -0.25) is 4.79 Å². The Morgan fingerprint density at radius 2 is 2.05 bits per heavy atom. The van der Waals surface area contributed by atoms with E-state index in [2.05, 4.69) is 10.1 Å². The molecule has 1 N–H and O–H groups in total. The molecule has 0 fully saturated rings. The molecular formula is C14H16ClNO5. The monoisotopic (exact) mass is 313 g/mol. The number of hydrogen-bond donors (Lipinski definition) is 1. The van der Waals surface area contributed by atoms with Gasteiger partial charge in [0.2, 0.25) is 5.76 Å². The molecule has 0 atom stereocenters. The van der Waals surface area contributed by atoms with E-state index in [1.54, 1.807) is 13.0 Å². The number of esters is 1. The van der Waals surface area contributed by atoms with E-state index in [9.17, 15) is 9.59 Å². The van der Waals surface area contributed by atoms with Crippen LogP contribution < -0.4 is 10.1 Å². The van der Waals surface area contributed by atoms with Crippen molar-refractivity contribution in [2.45, 2.75) is 6.92 Å². The molecule has 7 heteroatoms. The Morgan fingerprint density at radius 1 is 1.33 bits per heavy atom. The number of amides is 1. The van der Waals surface area contributed by atoms with E-state index in [-0.39, 0.29) is 23.0 Å². The van der Waals surface area contributed by atoms with Crippen LogP contribution in [-0.4, -0.2) is 32.6 Å². The molecule has 0 saturated carbocycles. The lowest BCUT2D eigenvalue weighted by molar-refractivity contribution is -0.138. The minimum atomic E-state index is -0.728. The largest absolute Gasteiger partial charge is 0.500 e. The zero-order valence-electron chi connectivity index (χ0n) is 11.9. The van der Waals surface area contributed by atoms with Crippen LogP contribution in [0.15, 0.2) is 30.2 Å². The molecule has 1 aromatic carbocycles. The maximum atomic E-state index is 12.0. The first-order chi connectivity index (χ1) is 10.0. The molecule has 0 aliphatic carbocycles. The number of carbonyl (C=O) groups excluding carboxylic acids is 2. The van der Waals surface area contributed by atoms with Crippen molar-refractivity contribution in [1.29, 1.82) is 0 Å². The summed E-state index contributed by atoms with van der Waals surface area (Å²) in [6.07, 6.45) is 1.09. The van der Waals surface area contributed by atoms with E-state index in [4.69, 9.17) is 21.1 Å². The Bertz CT molecular complexity index is 556. The number of halogens is 1. The smallest absolute Gasteiger partial charge is 0.377 e. The van der Waals surface area contributed by atoms with E-state index < -0.39 is 5.97 Å². The third kappa shape index (κ3) is 4.68. The summed E-state index contributed by atoms with van der Waals surface area (Å²) in [5.41, 5.74) is 0.204. The molecule has 0 aliphatic rings. The molecule has 1 rings (SSSR count). The second-order valence-corrected chi connectivity index (χ2v) is 4.25. The van der Waals surface area contributed by atoms with E-state index in [0.29, 0.717) is 11.6 Å². The molecule has 0 bridgehead atoms. The van der Waals surface area contributed by atoms with Gasteiger partial charge in [-0.15, -0.1) is 0 Å². The second-order valence-electron chi connectivity index (χ2n) is 3.81. The van der Waals surface area contributed by atoms with Crippen LogP contribution in [0.2, 0.25) is 5.02 Å². The predicted octanol–water partition coefficient (Wildman–Crippen LogP) is 2.13. The molecule has 21 heavy (non-hydrogen) atoms. The van der Waals surface area contributed by atoms with Crippen molar-refractivity contribution in [1.82, 2.24) is 5.32 Å². The quantitative estimate of drug-likeness (QED) is 0.495. The molecule has 0 radical (unpaired) electrons. The van der Waals surface area contributed by atoms with Crippen LogP contribution in [-0.2, 0) is 14.3 Å². The number of methoxy groups -OCH3 is 2. The number of nitrogens with one attached hydrogen (secondary N) is 1. The molecular weight excluding hydrogens is 298 g/mol. The third-order valence-electron chi connectivity index (χ3n) is 2.35. The minimum absolute atomic E-state index is 0.166. The van der Waals surface area contributed by atoms with Crippen molar-refractivity contribution in [2.75, 3.05) is 20.8 Å². The highest BCUT2D eigenvalue weighted by Crippen LogP contribution is 2.25. The Labute approximate surface area is 127 Å². The first-order valence-electron chi connectivity index (χ1n) is 6.10. The number of ether oxygens (including phenoxy) is 3. The number of carbonyl (C=O) groups is 2. The highest BCUT2D eigenvalue weighted by Gasteiger charge is 2.18. The molecule has 0 aliphatic heterocycles. The van der Waals surface area contributed by atoms with Crippen LogP contribution in [0.5, 0.6) is 5.75 Å². The Kier molecular flexibility index (Phi) is 6.55. The van der Waals surface area contributed by atoms with Crippen molar-refractivity contribution in [3.05, 3.63) is 40.8 Å². The fraction of sp³-hybridized carbons (Fsp3) is 0.286. The summed E-state index contributed by atoms with van der Waals surface area (Å²) in [5, 5.41) is 3.01. The van der Waals surface area contributed by atoms with Crippen molar-refractivity contribution in [3.63, 3.8) is 0 Å². The SMILES string of the molecule is CCNC(=O)c1cc(Cl)ccc1O/C(=C/OC)C(=O)OC. The molecule has 1 aromatic rings. The average Bonchev–Trinajstić information content (AvgIpc) is 2.47. The first-order valence-corrected chi connectivity index (χ1v) is 6.48. The highest BCUT2D eigenvalue weighted by atomic mass is 35.5. The van der Waals surface area contributed by atoms with Gasteiger partial charge in [0.25, 0.3) is 5.91 Å². The second kappa shape index (κ2) is 8.16. The van der Waals surface area contributed by atoms with E-state index in [0.717, 1.165) is 6.26 Å². The summed E-state index contributed by atoms with van der Waals surface area (Å²) in [7, 11) is 2.57. The van der Waals surface area contributed by atoms with Crippen LogP contribution in [0.4, 0.5) is 0 Å². The normalized spacial score (nSPS) is 10.8. The van der Waals surface area contributed by atoms with Crippen molar-refractivity contribution in [3.8, 4) is 5.75 Å². The van der Waals surface area contributed by atoms with Crippen LogP contribution in [0.25, 0.3) is 0 Å². The van der Waals surface area contributed by atoms with Crippen molar-refractivity contribution in [2.24, 2.45) is 0 Å². The van der Waals surface area contributed by atoms with Crippen LogP contribution in [0.1, 0.15) is 17.3 Å². The fourth-order valence-corrected chi connectivity index (χ4v) is 1.64. The van der Waals surface area contributed by atoms with Gasteiger partial charge in [-0.05, 0) is 25.1 Å². The first kappa shape index (κ1) is 16.8. The Morgan fingerprint density at radius 3 is 2.62 bits per heavy atom. The predicted molar refractivity (Wildman–Crippen MR) is 77.2 cm³/mol. The van der Waals surface area contributed by atoms with E-state index in [1.807, 2.05) is 0 Å². The van der Waals surface area contributed by atoms with Gasteiger partial charge in [0.1, 0.15) is 12.0 Å². The van der Waals surface area contributed by atoms with Crippen LogP contribution in [0, 0.1) is 0 Å².